The molecule has 6 nitrogen and oxygen atoms in total. The largest absolute Gasteiger partial charge is 0.393 e. The molecule has 80 valence electrons. The lowest BCUT2D eigenvalue weighted by molar-refractivity contribution is 0.0558. The molecule has 0 aromatic carbocycles. The van der Waals surface area contributed by atoms with Crippen molar-refractivity contribution in [1.29, 1.82) is 0 Å². The summed E-state index contributed by atoms with van der Waals surface area (Å²) in [4.78, 5) is 1.38. The van der Waals surface area contributed by atoms with Gasteiger partial charge in [0.25, 0.3) is 0 Å². The first-order chi connectivity index (χ1) is 6.61. The number of aromatic nitrogens is 4. The number of hydrogen-bond donors (Lipinski definition) is 1. The molecule has 1 heterocycles. The van der Waals surface area contributed by atoms with Crippen LogP contribution in [0.5, 0.6) is 0 Å². The Labute approximate surface area is 82.9 Å². The van der Waals surface area contributed by atoms with Gasteiger partial charge in [0.05, 0.1) is 19.3 Å². The van der Waals surface area contributed by atoms with E-state index in [9.17, 15) is 5.11 Å². The van der Waals surface area contributed by atoms with Gasteiger partial charge in [-0.1, -0.05) is 0 Å². The number of aryl methyl sites for hydroxylation is 1. The fraction of sp³-hybridized carbons (Fsp3) is 0.875. The van der Waals surface area contributed by atoms with Gasteiger partial charge in [-0.15, -0.1) is 10.2 Å². The Morgan fingerprint density at radius 1 is 1.57 bits per heavy atom. The van der Waals surface area contributed by atoms with Gasteiger partial charge >= 0.3 is 0 Å². The van der Waals surface area contributed by atoms with E-state index in [1.165, 1.54) is 4.80 Å². The van der Waals surface area contributed by atoms with Crippen molar-refractivity contribution in [1.82, 2.24) is 20.2 Å². The Bertz CT molecular complexity index is 276. The average Bonchev–Trinajstić information content (AvgIpc) is 2.50. The molecule has 0 aliphatic heterocycles. The number of ether oxygens (including phenoxy) is 1. The molecule has 1 rings (SSSR count). The number of tetrazole rings is 1. The van der Waals surface area contributed by atoms with E-state index in [4.69, 9.17) is 4.74 Å². The summed E-state index contributed by atoms with van der Waals surface area (Å²) >= 11 is 0. The van der Waals surface area contributed by atoms with Gasteiger partial charge < -0.3 is 9.84 Å². The molecule has 0 aliphatic carbocycles. The molecule has 2 atom stereocenters. The summed E-state index contributed by atoms with van der Waals surface area (Å²) in [5.74, 6) is 0.559. The lowest BCUT2D eigenvalue weighted by Crippen LogP contribution is -2.19. The van der Waals surface area contributed by atoms with Crippen molar-refractivity contribution in [2.75, 3.05) is 7.11 Å². The third-order valence-electron chi connectivity index (χ3n) is 1.97. The number of aliphatic hydroxyl groups is 1. The second-order valence-corrected chi connectivity index (χ2v) is 3.34. The van der Waals surface area contributed by atoms with Crippen molar-refractivity contribution in [2.45, 2.75) is 32.0 Å². The Morgan fingerprint density at radius 3 is 2.79 bits per heavy atom. The van der Waals surface area contributed by atoms with Gasteiger partial charge in [-0.2, -0.15) is 4.80 Å². The van der Waals surface area contributed by atoms with Crippen molar-refractivity contribution in [3.63, 3.8) is 0 Å². The standard InChI is InChI=1S/C8H16N4O2/c1-6(14-3)4-7(13)5-8-9-11-12(2)10-8/h6-7,13H,4-5H2,1-3H3. The normalized spacial score (nSPS) is 15.4. The molecule has 14 heavy (non-hydrogen) atoms. The van der Waals surface area contributed by atoms with E-state index in [0.29, 0.717) is 18.7 Å². The second-order valence-electron chi connectivity index (χ2n) is 3.34. The van der Waals surface area contributed by atoms with Crippen LogP contribution in [0.3, 0.4) is 0 Å². The number of nitrogens with zero attached hydrogens (tertiary/aromatic N) is 4. The first kappa shape index (κ1) is 11.1. The molecule has 0 saturated carbocycles. The first-order valence-electron chi connectivity index (χ1n) is 4.55. The van der Waals surface area contributed by atoms with Crippen LogP contribution in [0.1, 0.15) is 19.2 Å². The molecule has 1 N–H and O–H groups in total. The van der Waals surface area contributed by atoms with Crippen LogP contribution in [0.15, 0.2) is 0 Å². The van der Waals surface area contributed by atoms with Crippen LogP contribution in [-0.4, -0.2) is 44.6 Å². The highest BCUT2D eigenvalue weighted by Crippen LogP contribution is 2.04. The fourth-order valence-corrected chi connectivity index (χ4v) is 1.18. The lowest BCUT2D eigenvalue weighted by atomic mass is 10.1. The van der Waals surface area contributed by atoms with Gasteiger partial charge in [0.2, 0.25) is 0 Å². The molecule has 0 amide bonds. The summed E-state index contributed by atoms with van der Waals surface area (Å²) in [6, 6.07) is 0. The molecule has 0 spiro atoms. The molecule has 0 aliphatic rings. The number of hydrogen-bond acceptors (Lipinski definition) is 5. The van der Waals surface area contributed by atoms with Gasteiger partial charge in [-0.05, 0) is 18.6 Å². The van der Waals surface area contributed by atoms with Gasteiger partial charge in [0, 0.05) is 13.5 Å². The maximum Gasteiger partial charge on any atom is 0.177 e. The molecule has 0 fully saturated rings. The second kappa shape index (κ2) is 5.02. The quantitative estimate of drug-likeness (QED) is 0.696. The zero-order valence-corrected chi connectivity index (χ0v) is 8.71. The minimum Gasteiger partial charge on any atom is -0.393 e. The van der Waals surface area contributed by atoms with Crippen LogP contribution in [-0.2, 0) is 18.2 Å². The van der Waals surface area contributed by atoms with Crippen molar-refractivity contribution in [3.05, 3.63) is 5.82 Å². The topological polar surface area (TPSA) is 73.1 Å². The SMILES string of the molecule is COC(C)CC(O)Cc1nnn(C)n1. The van der Waals surface area contributed by atoms with Gasteiger partial charge in [0.1, 0.15) is 0 Å². The summed E-state index contributed by atoms with van der Waals surface area (Å²) in [7, 11) is 3.32. The molecule has 0 saturated heterocycles. The minimum atomic E-state index is -0.478. The molecule has 1 aromatic heterocycles. The molecule has 2 unspecified atom stereocenters. The van der Waals surface area contributed by atoms with E-state index in [-0.39, 0.29) is 6.10 Å². The average molecular weight is 200 g/mol. The van der Waals surface area contributed by atoms with Gasteiger partial charge in [0.15, 0.2) is 5.82 Å². The Kier molecular flexibility index (Phi) is 3.97. The molecule has 0 bridgehead atoms. The van der Waals surface area contributed by atoms with Crippen molar-refractivity contribution in [2.24, 2.45) is 7.05 Å². The van der Waals surface area contributed by atoms with Crippen LogP contribution in [0, 0.1) is 0 Å². The molecular weight excluding hydrogens is 184 g/mol. The van der Waals surface area contributed by atoms with Gasteiger partial charge in [-0.25, -0.2) is 0 Å². The third-order valence-corrected chi connectivity index (χ3v) is 1.97. The number of rotatable bonds is 5. The highest BCUT2D eigenvalue weighted by molar-refractivity contribution is 4.81. The molecule has 6 heteroatoms. The molecular formula is C8H16N4O2. The Hall–Kier alpha value is -1.01. The van der Waals surface area contributed by atoms with E-state index in [1.807, 2.05) is 6.92 Å². The molecule has 0 radical (unpaired) electrons. The fourth-order valence-electron chi connectivity index (χ4n) is 1.18. The third kappa shape index (κ3) is 3.39. The summed E-state index contributed by atoms with van der Waals surface area (Å²) < 4.78 is 5.04. The Morgan fingerprint density at radius 2 is 2.29 bits per heavy atom. The van der Waals surface area contributed by atoms with Crippen LogP contribution >= 0.6 is 0 Å². The summed E-state index contributed by atoms with van der Waals surface area (Å²) in [5.41, 5.74) is 0. The van der Waals surface area contributed by atoms with Crippen molar-refractivity contribution < 1.29 is 9.84 Å². The van der Waals surface area contributed by atoms with Crippen LogP contribution < -0.4 is 0 Å². The Balaban J connectivity index is 2.37. The van der Waals surface area contributed by atoms with Gasteiger partial charge in [-0.3, -0.25) is 0 Å². The van der Waals surface area contributed by atoms with Crippen molar-refractivity contribution >= 4 is 0 Å². The maximum absolute atomic E-state index is 9.62. The maximum atomic E-state index is 9.62. The van der Waals surface area contributed by atoms with Crippen molar-refractivity contribution in [3.8, 4) is 0 Å². The van der Waals surface area contributed by atoms with Crippen LogP contribution in [0.4, 0.5) is 0 Å². The number of methoxy groups -OCH3 is 1. The summed E-state index contributed by atoms with van der Waals surface area (Å²) in [6.07, 6.45) is 0.562. The van der Waals surface area contributed by atoms with E-state index in [0.717, 1.165) is 0 Å². The van der Waals surface area contributed by atoms with E-state index >= 15 is 0 Å². The highest BCUT2D eigenvalue weighted by Gasteiger charge is 2.13. The zero-order valence-electron chi connectivity index (χ0n) is 8.71. The predicted molar refractivity (Wildman–Crippen MR) is 49.6 cm³/mol. The van der Waals surface area contributed by atoms with E-state index in [2.05, 4.69) is 15.4 Å². The van der Waals surface area contributed by atoms with Crippen LogP contribution in [0.25, 0.3) is 0 Å². The van der Waals surface area contributed by atoms with Crippen LogP contribution in [0.2, 0.25) is 0 Å². The molecule has 1 aromatic rings. The number of aliphatic hydroxyl groups excluding tert-OH is 1. The lowest BCUT2D eigenvalue weighted by Gasteiger charge is -2.13. The zero-order chi connectivity index (χ0) is 10.6. The smallest absolute Gasteiger partial charge is 0.177 e. The predicted octanol–water partition coefficient (Wildman–Crippen LogP) is -0.462. The highest BCUT2D eigenvalue weighted by atomic mass is 16.5. The summed E-state index contributed by atoms with van der Waals surface area (Å²) in [6.45, 7) is 1.91. The first-order valence-corrected chi connectivity index (χ1v) is 4.55. The summed E-state index contributed by atoms with van der Waals surface area (Å²) in [5, 5.41) is 21.1. The minimum absolute atomic E-state index is 0.0432. The van der Waals surface area contributed by atoms with E-state index in [1.54, 1.807) is 14.2 Å². The van der Waals surface area contributed by atoms with E-state index < -0.39 is 6.10 Å². The monoisotopic (exact) mass is 200 g/mol.